The summed E-state index contributed by atoms with van der Waals surface area (Å²) in [6.07, 6.45) is 1.02. The van der Waals surface area contributed by atoms with Crippen LogP contribution < -0.4 is 5.73 Å². The van der Waals surface area contributed by atoms with E-state index in [1.165, 1.54) is 0 Å². The van der Waals surface area contributed by atoms with Gasteiger partial charge in [-0.3, -0.25) is 10.1 Å². The van der Waals surface area contributed by atoms with Crippen LogP contribution >= 0.6 is 0 Å². The Morgan fingerprint density at radius 2 is 2.36 bits per heavy atom. The molecule has 0 saturated carbocycles. The second-order valence-electron chi connectivity index (χ2n) is 1.84. The lowest BCUT2D eigenvalue weighted by Gasteiger charge is -1.93. The Morgan fingerprint density at radius 3 is 2.82 bits per heavy atom. The normalized spacial score (nSPS) is 9.55. The summed E-state index contributed by atoms with van der Waals surface area (Å²) in [5.41, 5.74) is 4.50. The van der Waals surface area contributed by atoms with E-state index in [9.17, 15) is 14.5 Å². The van der Waals surface area contributed by atoms with Crippen molar-refractivity contribution in [2.75, 3.05) is 5.73 Å². The Balaban J connectivity index is 3.23. The second-order valence-corrected chi connectivity index (χ2v) is 1.84. The van der Waals surface area contributed by atoms with Crippen molar-refractivity contribution in [3.63, 3.8) is 0 Å². The van der Waals surface area contributed by atoms with Gasteiger partial charge in [-0.2, -0.15) is 4.39 Å². The van der Waals surface area contributed by atoms with Gasteiger partial charge < -0.3 is 5.73 Å². The first-order valence-corrected chi connectivity index (χ1v) is 2.66. The average molecular weight is 157 g/mol. The Labute approximate surface area is 60.8 Å². The fraction of sp³-hybridized carbons (Fsp3) is 0. The molecule has 58 valence electrons. The van der Waals surface area contributed by atoms with Crippen LogP contribution in [-0.2, 0) is 0 Å². The molecule has 0 amide bonds. The number of halogens is 1. The molecule has 5 nitrogen and oxygen atoms in total. The van der Waals surface area contributed by atoms with Gasteiger partial charge in [0.2, 0.25) is 0 Å². The van der Waals surface area contributed by atoms with Crippen molar-refractivity contribution in [3.05, 3.63) is 28.3 Å². The van der Waals surface area contributed by atoms with Gasteiger partial charge in [-0.05, 0) is 0 Å². The topological polar surface area (TPSA) is 82.0 Å². The van der Waals surface area contributed by atoms with Gasteiger partial charge in [0.1, 0.15) is 0 Å². The van der Waals surface area contributed by atoms with Gasteiger partial charge >= 0.3 is 5.69 Å². The van der Waals surface area contributed by atoms with Gasteiger partial charge in [0.15, 0.2) is 0 Å². The van der Waals surface area contributed by atoms with Crippen LogP contribution in [0.2, 0.25) is 0 Å². The number of nitro groups is 1. The molecule has 0 atom stereocenters. The SMILES string of the molecule is Nc1cnc(F)c([N+](=O)[O-])c1. The highest BCUT2D eigenvalue weighted by Gasteiger charge is 2.14. The van der Waals surface area contributed by atoms with Gasteiger partial charge in [-0.15, -0.1) is 0 Å². The number of anilines is 1. The van der Waals surface area contributed by atoms with Gasteiger partial charge in [-0.1, -0.05) is 0 Å². The van der Waals surface area contributed by atoms with E-state index in [0.29, 0.717) is 0 Å². The molecule has 0 aliphatic carbocycles. The van der Waals surface area contributed by atoms with Crippen LogP contribution in [0.25, 0.3) is 0 Å². The average Bonchev–Trinajstić information content (AvgIpc) is 1.94. The first-order chi connectivity index (χ1) is 5.11. The van der Waals surface area contributed by atoms with E-state index in [0.717, 1.165) is 12.3 Å². The Bertz CT molecular complexity index is 302. The first-order valence-electron chi connectivity index (χ1n) is 2.66. The summed E-state index contributed by atoms with van der Waals surface area (Å²) in [4.78, 5) is 12.2. The minimum Gasteiger partial charge on any atom is -0.397 e. The summed E-state index contributed by atoms with van der Waals surface area (Å²) < 4.78 is 12.4. The molecule has 0 unspecified atom stereocenters. The molecule has 1 heterocycles. The summed E-state index contributed by atoms with van der Waals surface area (Å²) in [7, 11) is 0. The monoisotopic (exact) mass is 157 g/mol. The summed E-state index contributed by atoms with van der Waals surface area (Å²) in [5.74, 6) is -1.12. The van der Waals surface area contributed by atoms with E-state index in [1.54, 1.807) is 0 Å². The predicted octanol–water partition coefficient (Wildman–Crippen LogP) is 0.711. The van der Waals surface area contributed by atoms with Crippen molar-refractivity contribution in [2.24, 2.45) is 0 Å². The van der Waals surface area contributed by atoms with E-state index in [4.69, 9.17) is 5.73 Å². The summed E-state index contributed by atoms with van der Waals surface area (Å²) in [6, 6.07) is 0.919. The molecular formula is C5H4FN3O2. The number of pyridine rings is 1. The van der Waals surface area contributed by atoms with E-state index in [2.05, 4.69) is 4.98 Å². The maximum atomic E-state index is 12.4. The van der Waals surface area contributed by atoms with E-state index in [1.807, 2.05) is 0 Å². The van der Waals surface area contributed by atoms with Crippen LogP contribution in [0.15, 0.2) is 12.3 Å². The van der Waals surface area contributed by atoms with Crippen LogP contribution in [0, 0.1) is 16.1 Å². The summed E-state index contributed by atoms with van der Waals surface area (Å²) in [6.45, 7) is 0. The molecular weight excluding hydrogens is 153 g/mol. The lowest BCUT2D eigenvalue weighted by molar-refractivity contribution is -0.388. The fourth-order valence-electron chi connectivity index (χ4n) is 0.580. The highest BCUT2D eigenvalue weighted by Crippen LogP contribution is 2.16. The number of aromatic nitrogens is 1. The van der Waals surface area contributed by atoms with Gasteiger partial charge in [-0.25, -0.2) is 4.98 Å². The molecule has 0 radical (unpaired) electrons. The molecule has 0 spiro atoms. The van der Waals surface area contributed by atoms with Crippen LogP contribution in [-0.4, -0.2) is 9.91 Å². The van der Waals surface area contributed by atoms with Crippen molar-refractivity contribution >= 4 is 11.4 Å². The highest BCUT2D eigenvalue weighted by atomic mass is 19.1. The standard InChI is InChI=1S/C5H4FN3O2/c6-5-4(9(10)11)1-3(7)2-8-5/h1-2H,7H2. The van der Waals surface area contributed by atoms with Crippen molar-refractivity contribution in [1.82, 2.24) is 4.98 Å². The molecule has 0 saturated heterocycles. The quantitative estimate of drug-likeness (QED) is 0.369. The Morgan fingerprint density at radius 1 is 1.73 bits per heavy atom. The van der Waals surface area contributed by atoms with Gasteiger partial charge in [0.05, 0.1) is 16.8 Å². The lowest BCUT2D eigenvalue weighted by Crippen LogP contribution is -1.97. The zero-order valence-corrected chi connectivity index (χ0v) is 5.32. The van der Waals surface area contributed by atoms with Gasteiger partial charge in [0, 0.05) is 6.07 Å². The Kier molecular flexibility index (Phi) is 1.67. The van der Waals surface area contributed by atoms with Crippen molar-refractivity contribution in [1.29, 1.82) is 0 Å². The number of nitrogen functional groups attached to an aromatic ring is 1. The fourth-order valence-corrected chi connectivity index (χ4v) is 0.580. The lowest BCUT2D eigenvalue weighted by atomic mass is 10.4. The summed E-state index contributed by atoms with van der Waals surface area (Å²) >= 11 is 0. The van der Waals surface area contributed by atoms with E-state index in [-0.39, 0.29) is 5.69 Å². The van der Waals surface area contributed by atoms with E-state index >= 15 is 0 Å². The molecule has 0 aliphatic heterocycles. The van der Waals surface area contributed by atoms with E-state index < -0.39 is 16.6 Å². The van der Waals surface area contributed by atoms with Crippen LogP contribution in [0.1, 0.15) is 0 Å². The molecule has 0 bridgehead atoms. The smallest absolute Gasteiger partial charge is 0.326 e. The van der Waals surface area contributed by atoms with Crippen LogP contribution in [0.3, 0.4) is 0 Å². The third-order valence-electron chi connectivity index (χ3n) is 1.04. The van der Waals surface area contributed by atoms with Crippen LogP contribution in [0.4, 0.5) is 15.8 Å². The largest absolute Gasteiger partial charge is 0.397 e. The number of hydrogen-bond acceptors (Lipinski definition) is 4. The highest BCUT2D eigenvalue weighted by molar-refractivity contribution is 5.44. The summed E-state index contributed by atoms with van der Waals surface area (Å²) in [5, 5.41) is 10.0. The van der Waals surface area contributed by atoms with Crippen LogP contribution in [0.5, 0.6) is 0 Å². The molecule has 0 fully saturated rings. The molecule has 6 heteroatoms. The molecule has 0 aliphatic rings. The third-order valence-corrected chi connectivity index (χ3v) is 1.04. The van der Waals surface area contributed by atoms with Crippen molar-refractivity contribution < 1.29 is 9.31 Å². The third kappa shape index (κ3) is 1.40. The molecule has 11 heavy (non-hydrogen) atoms. The zero-order chi connectivity index (χ0) is 8.43. The molecule has 2 N–H and O–H groups in total. The van der Waals surface area contributed by atoms with Gasteiger partial charge in [0.25, 0.3) is 5.95 Å². The number of nitrogens with zero attached hydrogens (tertiary/aromatic N) is 2. The molecule has 1 aromatic heterocycles. The molecule has 1 rings (SSSR count). The number of rotatable bonds is 1. The van der Waals surface area contributed by atoms with Crippen molar-refractivity contribution in [3.8, 4) is 0 Å². The minimum atomic E-state index is -1.12. The minimum absolute atomic E-state index is 0.0677. The maximum absolute atomic E-state index is 12.4. The second kappa shape index (κ2) is 2.49. The number of hydrogen-bond donors (Lipinski definition) is 1. The predicted molar refractivity (Wildman–Crippen MR) is 35.3 cm³/mol. The maximum Gasteiger partial charge on any atom is 0.326 e. The van der Waals surface area contributed by atoms with Crippen molar-refractivity contribution in [2.45, 2.75) is 0 Å². The Hall–Kier alpha value is -1.72. The zero-order valence-electron chi connectivity index (χ0n) is 5.32. The number of nitrogens with two attached hydrogens (primary N) is 1. The first kappa shape index (κ1) is 7.39. The molecule has 1 aromatic rings. The molecule has 0 aromatic carbocycles.